The summed E-state index contributed by atoms with van der Waals surface area (Å²) in [5, 5.41) is 20.0. The number of hydrogen-bond donors (Lipinski definition) is 1. The lowest BCUT2D eigenvalue weighted by atomic mass is 9.96. The molecule has 15 heavy (non-hydrogen) atoms. The molecule has 1 aromatic rings. The largest absolute Gasteiger partial charge is 0.381 e. The Kier molecular flexibility index (Phi) is 3.42. The molecule has 0 aliphatic carbocycles. The van der Waals surface area contributed by atoms with E-state index in [-0.39, 0.29) is 0 Å². The molecule has 0 saturated heterocycles. The van der Waals surface area contributed by atoms with Crippen molar-refractivity contribution in [3.05, 3.63) is 44.5 Å². The Labute approximate surface area is 88.7 Å². The molecule has 0 spiro atoms. The molecule has 0 heterocycles. The summed E-state index contributed by atoms with van der Waals surface area (Å²) in [6.45, 7) is 5.24. The summed E-state index contributed by atoms with van der Waals surface area (Å²) in [7, 11) is 0. The van der Waals surface area contributed by atoms with Crippen molar-refractivity contribution in [1.29, 1.82) is 0 Å². The number of hydrogen-bond acceptors (Lipinski definition) is 3. The fourth-order valence-corrected chi connectivity index (χ4v) is 1.95. The Balaban J connectivity index is 3.08. The van der Waals surface area contributed by atoms with E-state index in [0.717, 1.165) is 16.7 Å². The van der Waals surface area contributed by atoms with Crippen LogP contribution in [0.25, 0.3) is 0 Å². The average Bonchev–Trinajstić information content (AvgIpc) is 1.99. The summed E-state index contributed by atoms with van der Waals surface area (Å²) in [4.78, 5) is 9.82. The Hall–Kier alpha value is -1.42. The summed E-state index contributed by atoms with van der Waals surface area (Å²) in [5.74, 6) is 0. The van der Waals surface area contributed by atoms with Gasteiger partial charge in [-0.3, -0.25) is 10.1 Å². The molecular weight excluding hydrogens is 194 g/mol. The number of rotatable bonds is 3. The van der Waals surface area contributed by atoms with Crippen LogP contribution in [0.2, 0.25) is 0 Å². The monoisotopic (exact) mass is 209 g/mol. The molecule has 0 saturated carbocycles. The minimum atomic E-state index is -1.01. The summed E-state index contributed by atoms with van der Waals surface area (Å²) in [6.07, 6.45) is -1.01. The third-order valence-electron chi connectivity index (χ3n) is 2.39. The second kappa shape index (κ2) is 4.40. The Bertz CT molecular complexity index is 364. The van der Waals surface area contributed by atoms with Gasteiger partial charge in [-0.1, -0.05) is 17.7 Å². The lowest BCUT2D eigenvalue weighted by molar-refractivity contribution is -0.491. The van der Waals surface area contributed by atoms with Crippen LogP contribution in [0.5, 0.6) is 0 Å². The zero-order valence-electron chi connectivity index (χ0n) is 9.15. The summed E-state index contributed by atoms with van der Waals surface area (Å²) < 4.78 is 0. The first-order chi connectivity index (χ1) is 6.91. The van der Waals surface area contributed by atoms with Crippen LogP contribution < -0.4 is 0 Å². The van der Waals surface area contributed by atoms with Gasteiger partial charge in [0.2, 0.25) is 6.54 Å². The third-order valence-corrected chi connectivity index (χ3v) is 2.39. The number of aryl methyl sites for hydroxylation is 3. The van der Waals surface area contributed by atoms with Crippen LogP contribution >= 0.6 is 0 Å². The van der Waals surface area contributed by atoms with Gasteiger partial charge in [-0.05, 0) is 37.5 Å². The first-order valence-corrected chi connectivity index (χ1v) is 4.79. The van der Waals surface area contributed by atoms with Crippen molar-refractivity contribution in [3.63, 3.8) is 0 Å². The van der Waals surface area contributed by atoms with Crippen LogP contribution in [0.3, 0.4) is 0 Å². The standard InChI is InChI=1S/C11H15NO3/c1-7-4-8(2)11(9(3)5-7)10(13)6-12(14)15/h4-5,10,13H,6H2,1-3H3/t10-/m0/s1. The van der Waals surface area contributed by atoms with Crippen molar-refractivity contribution in [2.24, 2.45) is 0 Å². The minimum absolute atomic E-state index is 0.440. The second-order valence-electron chi connectivity index (χ2n) is 3.84. The van der Waals surface area contributed by atoms with Crippen molar-refractivity contribution < 1.29 is 10.0 Å². The van der Waals surface area contributed by atoms with Gasteiger partial charge in [-0.2, -0.15) is 0 Å². The number of benzene rings is 1. The van der Waals surface area contributed by atoms with Gasteiger partial charge in [0.15, 0.2) is 0 Å². The predicted molar refractivity (Wildman–Crippen MR) is 57.5 cm³/mol. The average molecular weight is 209 g/mol. The van der Waals surface area contributed by atoms with Gasteiger partial charge in [0.25, 0.3) is 0 Å². The van der Waals surface area contributed by atoms with Crippen molar-refractivity contribution in [2.75, 3.05) is 6.54 Å². The van der Waals surface area contributed by atoms with Crippen LogP contribution in [0, 0.1) is 30.9 Å². The van der Waals surface area contributed by atoms with Crippen molar-refractivity contribution in [3.8, 4) is 0 Å². The smallest absolute Gasteiger partial charge is 0.233 e. The first kappa shape index (κ1) is 11.7. The molecule has 1 rings (SSSR count). The SMILES string of the molecule is Cc1cc(C)c([C@@H](O)C[N+](=O)[O-])c(C)c1. The molecule has 0 aromatic heterocycles. The number of nitro groups is 1. The fourth-order valence-electron chi connectivity index (χ4n) is 1.95. The fraction of sp³-hybridized carbons (Fsp3) is 0.455. The molecule has 1 aromatic carbocycles. The van der Waals surface area contributed by atoms with Gasteiger partial charge in [0.05, 0.1) is 0 Å². The molecule has 0 radical (unpaired) electrons. The number of aliphatic hydroxyl groups is 1. The normalized spacial score (nSPS) is 12.5. The molecule has 4 nitrogen and oxygen atoms in total. The molecule has 0 aliphatic rings. The highest BCUT2D eigenvalue weighted by molar-refractivity contribution is 5.38. The van der Waals surface area contributed by atoms with Crippen LogP contribution in [-0.4, -0.2) is 16.6 Å². The van der Waals surface area contributed by atoms with E-state index in [0.29, 0.717) is 5.56 Å². The zero-order valence-corrected chi connectivity index (χ0v) is 9.15. The molecule has 1 atom stereocenters. The molecule has 4 heteroatoms. The minimum Gasteiger partial charge on any atom is -0.381 e. The van der Waals surface area contributed by atoms with Gasteiger partial charge >= 0.3 is 0 Å². The van der Waals surface area contributed by atoms with E-state index < -0.39 is 17.6 Å². The highest BCUT2D eigenvalue weighted by atomic mass is 16.6. The number of nitrogens with zero attached hydrogens (tertiary/aromatic N) is 1. The van der Waals surface area contributed by atoms with E-state index in [1.807, 2.05) is 32.9 Å². The van der Waals surface area contributed by atoms with Crippen molar-refractivity contribution in [2.45, 2.75) is 26.9 Å². The highest BCUT2D eigenvalue weighted by Crippen LogP contribution is 2.23. The molecule has 82 valence electrons. The molecule has 0 bridgehead atoms. The molecule has 0 aliphatic heterocycles. The lowest BCUT2D eigenvalue weighted by Crippen LogP contribution is -2.14. The quantitative estimate of drug-likeness (QED) is 0.611. The van der Waals surface area contributed by atoms with E-state index in [1.54, 1.807) is 0 Å². The molecule has 0 fully saturated rings. The second-order valence-corrected chi connectivity index (χ2v) is 3.84. The molecule has 1 N–H and O–H groups in total. The van der Waals surface area contributed by atoms with Crippen molar-refractivity contribution in [1.82, 2.24) is 0 Å². The van der Waals surface area contributed by atoms with E-state index >= 15 is 0 Å². The molecule has 0 unspecified atom stereocenters. The molecule has 0 amide bonds. The van der Waals surface area contributed by atoms with Crippen molar-refractivity contribution >= 4 is 0 Å². The Morgan fingerprint density at radius 3 is 2.20 bits per heavy atom. The van der Waals surface area contributed by atoms with Gasteiger partial charge < -0.3 is 5.11 Å². The topological polar surface area (TPSA) is 63.4 Å². The van der Waals surface area contributed by atoms with Gasteiger partial charge in [-0.15, -0.1) is 0 Å². The van der Waals surface area contributed by atoms with Gasteiger partial charge in [0.1, 0.15) is 6.10 Å². The van der Waals surface area contributed by atoms with Crippen LogP contribution in [-0.2, 0) is 0 Å². The van der Waals surface area contributed by atoms with Gasteiger partial charge in [-0.25, -0.2) is 0 Å². The first-order valence-electron chi connectivity index (χ1n) is 4.79. The van der Waals surface area contributed by atoms with Crippen LogP contribution in [0.15, 0.2) is 12.1 Å². The lowest BCUT2D eigenvalue weighted by Gasteiger charge is -2.14. The predicted octanol–water partition coefficient (Wildman–Crippen LogP) is 1.92. The summed E-state index contributed by atoms with van der Waals surface area (Å²) in [5.41, 5.74) is 3.59. The van der Waals surface area contributed by atoms with E-state index in [9.17, 15) is 15.2 Å². The van der Waals surface area contributed by atoms with E-state index in [1.165, 1.54) is 0 Å². The van der Waals surface area contributed by atoms with Gasteiger partial charge in [0, 0.05) is 4.92 Å². The third kappa shape index (κ3) is 2.76. The summed E-state index contributed by atoms with van der Waals surface area (Å²) in [6, 6.07) is 3.84. The van der Waals surface area contributed by atoms with Crippen LogP contribution in [0.4, 0.5) is 0 Å². The maximum atomic E-state index is 10.3. The highest BCUT2D eigenvalue weighted by Gasteiger charge is 2.18. The van der Waals surface area contributed by atoms with E-state index in [4.69, 9.17) is 0 Å². The van der Waals surface area contributed by atoms with Crippen LogP contribution in [0.1, 0.15) is 28.4 Å². The Morgan fingerprint density at radius 2 is 1.80 bits per heavy atom. The summed E-state index contributed by atoms with van der Waals surface area (Å²) >= 11 is 0. The molecular formula is C11H15NO3. The Morgan fingerprint density at radius 1 is 1.33 bits per heavy atom. The van der Waals surface area contributed by atoms with E-state index in [2.05, 4.69) is 0 Å². The maximum Gasteiger partial charge on any atom is 0.233 e. The zero-order chi connectivity index (χ0) is 11.6. The maximum absolute atomic E-state index is 10.3. The number of aliphatic hydroxyl groups excluding tert-OH is 1.